The second kappa shape index (κ2) is 8.77. The Labute approximate surface area is 170 Å². The van der Waals surface area contributed by atoms with Gasteiger partial charge in [-0.05, 0) is 6.42 Å². The Kier molecular flexibility index (Phi) is 8.29. The van der Waals surface area contributed by atoms with E-state index in [1.54, 1.807) is 0 Å². The molecule has 4 nitrogen and oxygen atoms in total. The lowest BCUT2D eigenvalue weighted by molar-refractivity contribution is -0.548. The highest BCUT2D eigenvalue weighted by Crippen LogP contribution is 2.56. The predicted octanol–water partition coefficient (Wildman–Crippen LogP) is 5.39. The Morgan fingerprint density at radius 1 is 0.636 bits per heavy atom. The van der Waals surface area contributed by atoms with Crippen LogP contribution in [0.4, 0.5) is 74.6 Å². The van der Waals surface area contributed by atoms with Gasteiger partial charge in [-0.15, -0.1) is 0 Å². The number of hydrogen-bond donors (Lipinski definition) is 1. The van der Waals surface area contributed by atoms with E-state index >= 15 is 0 Å². The van der Waals surface area contributed by atoms with Gasteiger partial charge in [0.1, 0.15) is 0 Å². The average Bonchev–Trinajstić information content (AvgIpc) is 2.55. The number of nitrogens with one attached hydrogen (secondary N) is 1. The van der Waals surface area contributed by atoms with Crippen molar-refractivity contribution in [3.8, 4) is 0 Å². The molecule has 0 unspecified atom stereocenters. The number of alkyl halides is 17. The zero-order valence-corrected chi connectivity index (χ0v) is 15.1. The average molecular weight is 537 g/mol. The summed E-state index contributed by atoms with van der Waals surface area (Å²) in [7, 11) is 0. The van der Waals surface area contributed by atoms with Crippen LogP contribution in [0.1, 0.15) is 13.3 Å². The van der Waals surface area contributed by atoms with E-state index in [1.165, 1.54) is 4.74 Å². The molecule has 0 aliphatic rings. The summed E-state index contributed by atoms with van der Waals surface area (Å²) >= 11 is 0. The van der Waals surface area contributed by atoms with Gasteiger partial charge in [0, 0.05) is 6.54 Å². The summed E-state index contributed by atoms with van der Waals surface area (Å²) in [5.74, 6) is -25.9. The molecule has 0 fully saturated rings. The fraction of sp³-hybridized carbons (Fsp3) is 0.917. The molecule has 198 valence electrons. The van der Waals surface area contributed by atoms with Crippen LogP contribution >= 0.6 is 0 Å². The summed E-state index contributed by atoms with van der Waals surface area (Å²) in [6, 6.07) is 0. The maximum atomic E-state index is 13.9. The standard InChI is InChI=1S/C12H8F17NO3/c1-2-3-30-4(31)5(13,8(17,18)19)32-12(28,29)7(16,10(23,24)25)33-11(26,27)6(14,15)9(20,21)22/h2-3H2,1H3,(H,30,31)/t5-,7+/m1/s1. The van der Waals surface area contributed by atoms with Crippen LogP contribution in [0.25, 0.3) is 0 Å². The van der Waals surface area contributed by atoms with Crippen LogP contribution in [0.5, 0.6) is 0 Å². The van der Waals surface area contributed by atoms with Crippen molar-refractivity contribution in [2.75, 3.05) is 6.54 Å². The van der Waals surface area contributed by atoms with Crippen molar-refractivity contribution < 1.29 is 88.9 Å². The fourth-order valence-corrected chi connectivity index (χ4v) is 1.52. The lowest BCUT2D eigenvalue weighted by Crippen LogP contribution is -2.68. The first-order valence-electron chi connectivity index (χ1n) is 7.54. The van der Waals surface area contributed by atoms with Crippen molar-refractivity contribution in [2.24, 2.45) is 0 Å². The molecular weight excluding hydrogens is 529 g/mol. The van der Waals surface area contributed by atoms with Gasteiger partial charge in [-0.1, -0.05) is 6.92 Å². The van der Waals surface area contributed by atoms with E-state index in [0.717, 1.165) is 12.2 Å². The van der Waals surface area contributed by atoms with E-state index in [9.17, 15) is 79.4 Å². The third-order valence-corrected chi connectivity index (χ3v) is 3.19. The molecule has 0 aromatic heterocycles. The smallest absolute Gasteiger partial charge is 0.351 e. The summed E-state index contributed by atoms with van der Waals surface area (Å²) in [5, 5.41) is 0.831. The van der Waals surface area contributed by atoms with Crippen LogP contribution in [0, 0.1) is 0 Å². The summed E-state index contributed by atoms with van der Waals surface area (Å²) in [5.41, 5.74) is 0. The SMILES string of the molecule is CCCNC(=O)[C@@](F)(OC(F)(F)[C@@](F)(OC(F)(F)C(F)(F)C(F)(F)F)C(F)(F)F)C(F)(F)F. The number of rotatable bonds is 9. The van der Waals surface area contributed by atoms with Crippen molar-refractivity contribution in [2.45, 2.75) is 61.7 Å². The molecule has 0 radical (unpaired) electrons. The van der Waals surface area contributed by atoms with E-state index in [2.05, 4.69) is 0 Å². The highest BCUT2D eigenvalue weighted by molar-refractivity contribution is 5.84. The largest absolute Gasteiger partial charge is 0.462 e. The molecule has 0 aliphatic heterocycles. The number of hydrogen-bond acceptors (Lipinski definition) is 3. The molecule has 0 bridgehead atoms. The van der Waals surface area contributed by atoms with Crippen LogP contribution in [-0.2, 0) is 14.3 Å². The van der Waals surface area contributed by atoms with Crippen LogP contribution in [0.15, 0.2) is 0 Å². The topological polar surface area (TPSA) is 47.6 Å². The molecule has 1 N–H and O–H groups in total. The van der Waals surface area contributed by atoms with Crippen LogP contribution in [0.3, 0.4) is 0 Å². The molecule has 0 aliphatic carbocycles. The molecule has 0 saturated heterocycles. The molecule has 0 heterocycles. The van der Waals surface area contributed by atoms with Crippen molar-refractivity contribution in [3.63, 3.8) is 0 Å². The van der Waals surface area contributed by atoms with Gasteiger partial charge in [0.25, 0.3) is 5.91 Å². The zero-order chi connectivity index (χ0) is 27.1. The molecule has 0 saturated carbocycles. The molecule has 21 heteroatoms. The summed E-state index contributed by atoms with van der Waals surface area (Å²) < 4.78 is 222. The number of carbonyl (C=O) groups is 1. The Morgan fingerprint density at radius 2 is 1.06 bits per heavy atom. The second-order valence-electron chi connectivity index (χ2n) is 5.75. The number of carbonyl (C=O) groups excluding carboxylic acids is 1. The van der Waals surface area contributed by atoms with Gasteiger partial charge < -0.3 is 5.32 Å². The number of ether oxygens (including phenoxy) is 2. The summed E-state index contributed by atoms with van der Waals surface area (Å²) in [6.45, 7) is 0.0398. The Morgan fingerprint density at radius 3 is 1.36 bits per heavy atom. The monoisotopic (exact) mass is 537 g/mol. The first-order chi connectivity index (χ1) is 14.1. The van der Waals surface area contributed by atoms with Crippen LogP contribution in [-0.4, -0.2) is 60.8 Å². The van der Waals surface area contributed by atoms with Crippen LogP contribution in [0.2, 0.25) is 0 Å². The Hall–Kier alpha value is -1.80. The minimum atomic E-state index is -8.01. The molecule has 2 atom stereocenters. The van der Waals surface area contributed by atoms with Crippen LogP contribution < -0.4 is 5.32 Å². The first kappa shape index (κ1) is 31.2. The number of amides is 1. The maximum absolute atomic E-state index is 13.9. The third-order valence-electron chi connectivity index (χ3n) is 3.19. The lowest BCUT2D eigenvalue weighted by atomic mass is 10.2. The molecule has 1 amide bonds. The van der Waals surface area contributed by atoms with Crippen molar-refractivity contribution >= 4 is 5.91 Å². The van der Waals surface area contributed by atoms with Gasteiger partial charge in [-0.3, -0.25) is 14.3 Å². The lowest BCUT2D eigenvalue weighted by Gasteiger charge is -2.40. The molecule has 33 heavy (non-hydrogen) atoms. The van der Waals surface area contributed by atoms with Crippen molar-refractivity contribution in [3.05, 3.63) is 0 Å². The van der Waals surface area contributed by atoms with Gasteiger partial charge >= 0.3 is 48.4 Å². The molecule has 0 aromatic carbocycles. The number of halogens is 17. The quantitative estimate of drug-likeness (QED) is 0.402. The summed E-state index contributed by atoms with van der Waals surface area (Å²) in [6.07, 6.45) is -38.7. The fourth-order valence-electron chi connectivity index (χ4n) is 1.52. The molecule has 0 spiro atoms. The van der Waals surface area contributed by atoms with Gasteiger partial charge in [0.05, 0.1) is 0 Å². The van der Waals surface area contributed by atoms with E-state index in [1.807, 2.05) is 4.74 Å². The zero-order valence-electron chi connectivity index (χ0n) is 15.1. The first-order valence-corrected chi connectivity index (χ1v) is 7.54. The highest BCUT2D eigenvalue weighted by atomic mass is 19.4. The maximum Gasteiger partial charge on any atom is 0.462 e. The van der Waals surface area contributed by atoms with E-state index < -0.39 is 60.8 Å². The summed E-state index contributed by atoms with van der Waals surface area (Å²) in [4.78, 5) is 11.2. The predicted molar refractivity (Wildman–Crippen MR) is 66.2 cm³/mol. The van der Waals surface area contributed by atoms with Gasteiger partial charge in [0.15, 0.2) is 0 Å². The molecule has 0 rings (SSSR count). The van der Waals surface area contributed by atoms with E-state index in [-0.39, 0.29) is 6.42 Å². The van der Waals surface area contributed by atoms with E-state index in [0.29, 0.717) is 0 Å². The molecule has 0 aromatic rings. The van der Waals surface area contributed by atoms with Crippen molar-refractivity contribution in [1.29, 1.82) is 0 Å². The normalized spacial score (nSPS) is 18.5. The van der Waals surface area contributed by atoms with Gasteiger partial charge in [0.2, 0.25) is 0 Å². The molecular formula is C12H8F17NO3. The Bertz CT molecular complexity index is 699. The van der Waals surface area contributed by atoms with Crippen molar-refractivity contribution in [1.82, 2.24) is 5.32 Å². The minimum Gasteiger partial charge on any atom is -0.351 e. The van der Waals surface area contributed by atoms with E-state index in [4.69, 9.17) is 0 Å². The van der Waals surface area contributed by atoms with Gasteiger partial charge in [-0.25, -0.2) is 0 Å². The highest BCUT2D eigenvalue weighted by Gasteiger charge is 2.85. The Balaban J connectivity index is 6.67. The minimum absolute atomic E-state index is 0.381. The third kappa shape index (κ3) is 5.65. The van der Waals surface area contributed by atoms with Gasteiger partial charge in [-0.2, -0.15) is 74.6 Å². The second-order valence-corrected chi connectivity index (χ2v) is 5.75.